The predicted molar refractivity (Wildman–Crippen MR) is 111 cm³/mol. The average Bonchev–Trinajstić information content (AvgIpc) is 3.47. The number of ketones is 1. The number of carbonyl (C=O) groups is 2. The number of hydrogen-bond acceptors (Lipinski definition) is 3. The Morgan fingerprint density at radius 2 is 1.66 bits per heavy atom. The van der Waals surface area contributed by atoms with Gasteiger partial charge in [-0.1, -0.05) is 61.4 Å². The summed E-state index contributed by atoms with van der Waals surface area (Å²) in [5, 5.41) is 12.0. The van der Waals surface area contributed by atoms with E-state index in [2.05, 4.69) is 4.98 Å². The number of benzene rings is 2. The number of likely N-dealkylation sites (tertiary alicyclic amines) is 1. The molecule has 146 valence electrons. The van der Waals surface area contributed by atoms with E-state index in [0.29, 0.717) is 5.56 Å². The number of aliphatic hydroxyl groups excluding tert-OH is 1. The zero-order valence-electron chi connectivity index (χ0n) is 16.0. The van der Waals surface area contributed by atoms with Gasteiger partial charge in [-0.25, -0.2) is 0 Å². The largest absolute Gasteiger partial charge is 0.507 e. The van der Waals surface area contributed by atoms with Crippen molar-refractivity contribution in [1.82, 2.24) is 9.88 Å². The molecule has 1 atom stereocenters. The lowest BCUT2D eigenvalue weighted by atomic mass is 9.94. The number of nitrogens with zero attached hydrogens (tertiary/aromatic N) is 1. The zero-order valence-corrected chi connectivity index (χ0v) is 16.0. The van der Waals surface area contributed by atoms with Crippen molar-refractivity contribution in [2.45, 2.75) is 37.8 Å². The molecule has 29 heavy (non-hydrogen) atoms. The molecular weight excluding hydrogens is 364 g/mol. The third kappa shape index (κ3) is 2.77. The van der Waals surface area contributed by atoms with Crippen LogP contribution in [0, 0.1) is 0 Å². The van der Waals surface area contributed by atoms with Crippen molar-refractivity contribution in [3.8, 4) is 0 Å². The summed E-state index contributed by atoms with van der Waals surface area (Å²) >= 11 is 0. The van der Waals surface area contributed by atoms with Crippen LogP contribution in [0.3, 0.4) is 0 Å². The summed E-state index contributed by atoms with van der Waals surface area (Å²) in [7, 11) is 0. The highest BCUT2D eigenvalue weighted by Gasteiger charge is 2.49. The first-order valence-corrected chi connectivity index (χ1v) is 10.1. The molecule has 5 heteroatoms. The quantitative estimate of drug-likeness (QED) is 0.394. The summed E-state index contributed by atoms with van der Waals surface area (Å²) in [5.41, 5.74) is 2.52. The Bertz CT molecular complexity index is 1120. The van der Waals surface area contributed by atoms with E-state index in [1.165, 1.54) is 0 Å². The predicted octanol–water partition coefficient (Wildman–Crippen LogP) is 4.53. The van der Waals surface area contributed by atoms with E-state index < -0.39 is 17.7 Å². The number of rotatable bonds is 3. The first-order chi connectivity index (χ1) is 14.2. The first kappa shape index (κ1) is 17.7. The van der Waals surface area contributed by atoms with Gasteiger partial charge < -0.3 is 15.0 Å². The van der Waals surface area contributed by atoms with Crippen molar-refractivity contribution in [2.24, 2.45) is 0 Å². The van der Waals surface area contributed by atoms with Gasteiger partial charge in [0.15, 0.2) is 0 Å². The van der Waals surface area contributed by atoms with Crippen molar-refractivity contribution >= 4 is 28.4 Å². The van der Waals surface area contributed by atoms with E-state index in [4.69, 9.17) is 0 Å². The highest BCUT2D eigenvalue weighted by molar-refractivity contribution is 6.46. The van der Waals surface area contributed by atoms with Gasteiger partial charge in [0.1, 0.15) is 5.76 Å². The van der Waals surface area contributed by atoms with Gasteiger partial charge in [0.05, 0.1) is 11.6 Å². The van der Waals surface area contributed by atoms with Gasteiger partial charge in [-0.3, -0.25) is 9.59 Å². The van der Waals surface area contributed by atoms with E-state index in [0.717, 1.165) is 42.1 Å². The average molecular weight is 386 g/mol. The number of carbonyl (C=O) groups excluding carboxylic acids is 2. The molecule has 3 aromatic rings. The molecule has 1 unspecified atom stereocenters. The molecule has 1 aliphatic heterocycles. The highest BCUT2D eigenvalue weighted by Crippen LogP contribution is 2.45. The van der Waals surface area contributed by atoms with Crippen molar-refractivity contribution < 1.29 is 14.7 Å². The van der Waals surface area contributed by atoms with Crippen LogP contribution in [-0.4, -0.2) is 32.7 Å². The van der Waals surface area contributed by atoms with Crippen LogP contribution in [0.15, 0.2) is 66.4 Å². The van der Waals surface area contributed by atoms with Crippen LogP contribution in [0.2, 0.25) is 0 Å². The Balaban J connectivity index is 1.74. The number of fused-ring (bicyclic) bond motifs is 1. The Labute approximate surface area is 168 Å². The van der Waals surface area contributed by atoms with Gasteiger partial charge >= 0.3 is 0 Å². The molecule has 1 aliphatic carbocycles. The highest BCUT2D eigenvalue weighted by atomic mass is 16.3. The summed E-state index contributed by atoms with van der Waals surface area (Å²) in [5.74, 6) is -1.22. The second-order valence-corrected chi connectivity index (χ2v) is 7.80. The molecule has 1 aromatic heterocycles. The SMILES string of the molecule is O=C1C(=O)N(C2CCCC2)C(c2c[nH]c3ccccc23)/C1=C(\O)c1ccccc1. The Morgan fingerprint density at radius 3 is 2.41 bits per heavy atom. The van der Waals surface area contributed by atoms with Crippen molar-refractivity contribution in [3.63, 3.8) is 0 Å². The summed E-state index contributed by atoms with van der Waals surface area (Å²) in [6.07, 6.45) is 5.73. The molecule has 2 fully saturated rings. The lowest BCUT2D eigenvalue weighted by Gasteiger charge is -2.30. The third-order valence-corrected chi connectivity index (χ3v) is 6.16. The second-order valence-electron chi connectivity index (χ2n) is 7.80. The van der Waals surface area contributed by atoms with E-state index in [-0.39, 0.29) is 17.4 Å². The topological polar surface area (TPSA) is 73.4 Å². The number of hydrogen-bond donors (Lipinski definition) is 2. The molecule has 0 bridgehead atoms. The lowest BCUT2D eigenvalue weighted by molar-refractivity contribution is -0.141. The van der Waals surface area contributed by atoms with Crippen LogP contribution < -0.4 is 0 Å². The number of aromatic nitrogens is 1. The summed E-state index contributed by atoms with van der Waals surface area (Å²) in [4.78, 5) is 31.2. The number of para-hydroxylation sites is 1. The van der Waals surface area contributed by atoms with Gasteiger partial charge in [-0.15, -0.1) is 0 Å². The number of Topliss-reactive ketones (excluding diaryl/α,β-unsaturated/α-hetero) is 1. The molecule has 1 amide bonds. The van der Waals surface area contributed by atoms with E-state index in [1.807, 2.05) is 48.7 Å². The maximum absolute atomic E-state index is 13.1. The Hall–Kier alpha value is -3.34. The normalized spacial score (nSPS) is 22.1. The molecule has 5 rings (SSSR count). The Kier molecular flexibility index (Phi) is 4.23. The molecule has 2 N–H and O–H groups in total. The minimum absolute atomic E-state index is 0.0196. The van der Waals surface area contributed by atoms with Gasteiger partial charge in [0.2, 0.25) is 0 Å². The van der Waals surface area contributed by atoms with Crippen LogP contribution in [0.1, 0.15) is 42.9 Å². The summed E-state index contributed by atoms with van der Waals surface area (Å²) in [6.45, 7) is 0. The summed E-state index contributed by atoms with van der Waals surface area (Å²) in [6, 6.07) is 16.3. The number of aromatic amines is 1. The van der Waals surface area contributed by atoms with Crippen LogP contribution in [-0.2, 0) is 9.59 Å². The molecule has 2 aromatic carbocycles. The van der Waals surface area contributed by atoms with Gasteiger partial charge in [0.25, 0.3) is 11.7 Å². The van der Waals surface area contributed by atoms with Crippen LogP contribution in [0.5, 0.6) is 0 Å². The van der Waals surface area contributed by atoms with E-state index in [1.54, 1.807) is 17.0 Å². The minimum atomic E-state index is -0.603. The van der Waals surface area contributed by atoms with Gasteiger partial charge in [-0.2, -0.15) is 0 Å². The summed E-state index contributed by atoms with van der Waals surface area (Å²) < 4.78 is 0. The van der Waals surface area contributed by atoms with E-state index >= 15 is 0 Å². The number of nitrogens with one attached hydrogen (secondary N) is 1. The van der Waals surface area contributed by atoms with Crippen molar-refractivity contribution in [3.05, 3.63) is 77.5 Å². The van der Waals surface area contributed by atoms with Crippen LogP contribution in [0.4, 0.5) is 0 Å². The zero-order chi connectivity index (χ0) is 20.0. The fourth-order valence-corrected chi connectivity index (χ4v) is 4.79. The standard InChI is InChI=1S/C24H22N2O3/c27-22(15-8-2-1-3-9-15)20-21(18-14-25-19-13-7-6-12-17(18)19)26(24(29)23(20)28)16-10-4-5-11-16/h1-3,6-9,12-14,16,21,25,27H,4-5,10-11H2/b22-20+. The maximum atomic E-state index is 13.1. The maximum Gasteiger partial charge on any atom is 0.295 e. The fourth-order valence-electron chi connectivity index (χ4n) is 4.79. The molecule has 2 aliphatic rings. The monoisotopic (exact) mass is 386 g/mol. The van der Waals surface area contributed by atoms with Crippen molar-refractivity contribution in [2.75, 3.05) is 0 Å². The molecule has 1 saturated carbocycles. The molecular formula is C24H22N2O3. The molecule has 0 radical (unpaired) electrons. The molecule has 2 heterocycles. The van der Waals surface area contributed by atoms with Crippen molar-refractivity contribution in [1.29, 1.82) is 0 Å². The molecule has 1 saturated heterocycles. The minimum Gasteiger partial charge on any atom is -0.507 e. The first-order valence-electron chi connectivity index (χ1n) is 10.1. The number of H-pyrrole nitrogens is 1. The van der Waals surface area contributed by atoms with Gasteiger partial charge in [0, 0.05) is 34.3 Å². The van der Waals surface area contributed by atoms with Crippen LogP contribution >= 0.6 is 0 Å². The smallest absolute Gasteiger partial charge is 0.295 e. The van der Waals surface area contributed by atoms with Crippen LogP contribution in [0.25, 0.3) is 16.7 Å². The van der Waals surface area contributed by atoms with E-state index in [9.17, 15) is 14.7 Å². The van der Waals surface area contributed by atoms with Gasteiger partial charge in [-0.05, 0) is 18.9 Å². The lowest BCUT2D eigenvalue weighted by Crippen LogP contribution is -2.37. The number of aliphatic hydroxyl groups is 1. The molecule has 0 spiro atoms. The second kappa shape index (κ2) is 6.92. The fraction of sp³-hybridized carbons (Fsp3) is 0.250. The number of amides is 1. The molecule has 5 nitrogen and oxygen atoms in total. The third-order valence-electron chi connectivity index (χ3n) is 6.16. The Morgan fingerprint density at radius 1 is 0.966 bits per heavy atom.